The lowest BCUT2D eigenvalue weighted by molar-refractivity contribution is -0.126. The molecule has 3 amide bonds. The molecule has 7 nitrogen and oxygen atoms in total. The Labute approximate surface area is 161 Å². The molecule has 1 heterocycles. The van der Waals surface area contributed by atoms with E-state index in [1.807, 2.05) is 0 Å². The average Bonchev–Trinajstić information content (AvgIpc) is 3.08. The zero-order valence-electron chi connectivity index (χ0n) is 14.6. The molecule has 0 aromatic heterocycles. The van der Waals surface area contributed by atoms with Crippen molar-refractivity contribution in [3.63, 3.8) is 0 Å². The van der Waals surface area contributed by atoms with Crippen LogP contribution in [0.2, 0.25) is 5.02 Å². The molecule has 8 heteroatoms. The molecule has 0 spiro atoms. The van der Waals surface area contributed by atoms with Gasteiger partial charge in [-0.2, -0.15) is 0 Å². The van der Waals surface area contributed by atoms with Crippen LogP contribution in [0.1, 0.15) is 16.8 Å². The Morgan fingerprint density at radius 2 is 1.81 bits per heavy atom. The van der Waals surface area contributed by atoms with E-state index in [4.69, 9.17) is 16.3 Å². The number of carbonyl (C=O) groups is 3. The van der Waals surface area contributed by atoms with Crippen LogP contribution >= 0.6 is 11.6 Å². The van der Waals surface area contributed by atoms with Gasteiger partial charge in [0.2, 0.25) is 11.8 Å². The molecule has 1 aliphatic heterocycles. The molecule has 27 heavy (non-hydrogen) atoms. The summed E-state index contributed by atoms with van der Waals surface area (Å²) in [6.07, 6.45) is 0.0693. The first-order chi connectivity index (χ1) is 13.0. The molecule has 2 aromatic carbocycles. The number of rotatable bonds is 4. The molecular weight excluding hydrogens is 370 g/mol. The third kappa shape index (κ3) is 4.20. The lowest BCUT2D eigenvalue weighted by Gasteiger charge is -2.17. The number of ether oxygens (including phenoxy) is 1. The van der Waals surface area contributed by atoms with Crippen molar-refractivity contribution in [1.82, 2.24) is 10.9 Å². The van der Waals surface area contributed by atoms with E-state index in [9.17, 15) is 14.4 Å². The van der Waals surface area contributed by atoms with Crippen molar-refractivity contribution < 1.29 is 19.1 Å². The standard InChI is InChI=1S/C19H18ClN3O4/c1-27-14-8-6-13(7-9-14)23-11-12(10-17(23)24)18(25)21-22-19(26)15-4-2-3-5-16(15)20/h2-9,12H,10-11H2,1H3,(H,21,25)(H,22,26). The van der Waals surface area contributed by atoms with Crippen molar-refractivity contribution in [2.24, 2.45) is 5.92 Å². The van der Waals surface area contributed by atoms with E-state index in [-0.39, 0.29) is 29.5 Å². The summed E-state index contributed by atoms with van der Waals surface area (Å²) in [5.74, 6) is -0.990. The molecule has 1 saturated heterocycles. The van der Waals surface area contributed by atoms with Crippen LogP contribution < -0.4 is 20.5 Å². The number of methoxy groups -OCH3 is 1. The Bertz CT molecular complexity index is 870. The SMILES string of the molecule is COc1ccc(N2CC(C(=O)NNC(=O)c3ccccc3Cl)CC2=O)cc1. The molecule has 0 aliphatic carbocycles. The zero-order valence-corrected chi connectivity index (χ0v) is 15.3. The number of anilines is 1. The minimum Gasteiger partial charge on any atom is -0.497 e. The van der Waals surface area contributed by atoms with Gasteiger partial charge in [-0.25, -0.2) is 0 Å². The van der Waals surface area contributed by atoms with Crippen LogP contribution in [-0.4, -0.2) is 31.4 Å². The minimum absolute atomic E-state index is 0.0693. The van der Waals surface area contributed by atoms with Crippen LogP contribution in [0.3, 0.4) is 0 Å². The summed E-state index contributed by atoms with van der Waals surface area (Å²) < 4.78 is 5.10. The first-order valence-electron chi connectivity index (χ1n) is 8.28. The number of amides is 3. The normalized spacial score (nSPS) is 16.1. The van der Waals surface area contributed by atoms with Crippen LogP contribution in [0.4, 0.5) is 5.69 Å². The molecule has 1 unspecified atom stereocenters. The maximum atomic E-state index is 12.3. The smallest absolute Gasteiger partial charge is 0.271 e. The highest BCUT2D eigenvalue weighted by molar-refractivity contribution is 6.33. The quantitative estimate of drug-likeness (QED) is 0.787. The highest BCUT2D eigenvalue weighted by atomic mass is 35.5. The number of halogens is 1. The summed E-state index contributed by atoms with van der Waals surface area (Å²) in [5.41, 5.74) is 5.64. The molecule has 0 radical (unpaired) electrons. The predicted molar refractivity (Wildman–Crippen MR) is 101 cm³/mol. The number of nitrogens with zero attached hydrogens (tertiary/aromatic N) is 1. The number of carbonyl (C=O) groups excluding carboxylic acids is 3. The van der Waals surface area contributed by atoms with E-state index >= 15 is 0 Å². The van der Waals surface area contributed by atoms with Gasteiger partial charge in [0.15, 0.2) is 0 Å². The Morgan fingerprint density at radius 1 is 1.11 bits per heavy atom. The Hall–Kier alpha value is -3.06. The summed E-state index contributed by atoms with van der Waals surface area (Å²) in [6.45, 7) is 0.235. The van der Waals surface area contributed by atoms with Crippen molar-refractivity contribution in [3.05, 3.63) is 59.1 Å². The minimum atomic E-state index is -0.564. The predicted octanol–water partition coefficient (Wildman–Crippen LogP) is 2.16. The molecule has 1 aliphatic rings. The van der Waals surface area contributed by atoms with Crippen molar-refractivity contribution >= 4 is 35.0 Å². The summed E-state index contributed by atoms with van der Waals surface area (Å²) >= 11 is 5.96. The maximum Gasteiger partial charge on any atom is 0.271 e. The van der Waals surface area contributed by atoms with E-state index in [1.54, 1.807) is 60.5 Å². The van der Waals surface area contributed by atoms with Crippen molar-refractivity contribution in [2.45, 2.75) is 6.42 Å². The molecule has 0 saturated carbocycles. The van der Waals surface area contributed by atoms with Gasteiger partial charge >= 0.3 is 0 Å². The van der Waals surface area contributed by atoms with Gasteiger partial charge in [-0.1, -0.05) is 23.7 Å². The molecule has 140 valence electrons. The third-order valence-electron chi connectivity index (χ3n) is 4.30. The van der Waals surface area contributed by atoms with Crippen LogP contribution in [-0.2, 0) is 9.59 Å². The molecular formula is C19H18ClN3O4. The van der Waals surface area contributed by atoms with Crippen molar-refractivity contribution in [3.8, 4) is 5.75 Å². The average molecular weight is 388 g/mol. The van der Waals surface area contributed by atoms with Gasteiger partial charge in [-0.05, 0) is 36.4 Å². The summed E-state index contributed by atoms with van der Waals surface area (Å²) in [7, 11) is 1.56. The second kappa shape index (κ2) is 8.09. The highest BCUT2D eigenvalue weighted by Crippen LogP contribution is 2.26. The topological polar surface area (TPSA) is 87.7 Å². The largest absolute Gasteiger partial charge is 0.497 e. The van der Waals surface area contributed by atoms with Crippen molar-refractivity contribution in [2.75, 3.05) is 18.6 Å². The summed E-state index contributed by atoms with van der Waals surface area (Å²) in [5, 5.41) is 0.283. The second-order valence-electron chi connectivity index (χ2n) is 6.03. The Morgan fingerprint density at radius 3 is 2.48 bits per heavy atom. The monoisotopic (exact) mass is 387 g/mol. The second-order valence-corrected chi connectivity index (χ2v) is 6.43. The van der Waals surface area contributed by atoms with Gasteiger partial charge in [0.25, 0.3) is 5.91 Å². The Balaban J connectivity index is 1.58. The van der Waals surface area contributed by atoms with Gasteiger partial charge in [-0.3, -0.25) is 25.2 Å². The number of nitrogens with one attached hydrogen (secondary N) is 2. The molecule has 1 fully saturated rings. The van der Waals surface area contributed by atoms with Crippen LogP contribution in [0.15, 0.2) is 48.5 Å². The first-order valence-corrected chi connectivity index (χ1v) is 8.66. The van der Waals surface area contributed by atoms with Gasteiger partial charge in [-0.15, -0.1) is 0 Å². The fourth-order valence-corrected chi connectivity index (χ4v) is 3.05. The fourth-order valence-electron chi connectivity index (χ4n) is 2.83. The molecule has 2 N–H and O–H groups in total. The summed E-state index contributed by atoms with van der Waals surface area (Å²) in [4.78, 5) is 38.2. The van der Waals surface area contributed by atoms with Crippen LogP contribution in [0.5, 0.6) is 5.75 Å². The van der Waals surface area contributed by atoms with Crippen LogP contribution in [0, 0.1) is 5.92 Å². The number of hydrogen-bond acceptors (Lipinski definition) is 4. The third-order valence-corrected chi connectivity index (χ3v) is 4.63. The maximum absolute atomic E-state index is 12.3. The van der Waals surface area contributed by atoms with Crippen LogP contribution in [0.25, 0.3) is 0 Å². The van der Waals surface area contributed by atoms with Gasteiger partial charge in [0.1, 0.15) is 5.75 Å². The lowest BCUT2D eigenvalue weighted by atomic mass is 10.1. The van der Waals surface area contributed by atoms with Gasteiger partial charge in [0.05, 0.1) is 23.6 Å². The Kier molecular flexibility index (Phi) is 5.61. The lowest BCUT2D eigenvalue weighted by Crippen LogP contribution is -2.45. The zero-order chi connectivity index (χ0) is 19.4. The molecule has 3 rings (SSSR count). The number of hydrogen-bond donors (Lipinski definition) is 2. The van der Waals surface area contributed by atoms with E-state index in [2.05, 4.69) is 10.9 Å². The fraction of sp³-hybridized carbons (Fsp3) is 0.211. The summed E-state index contributed by atoms with van der Waals surface area (Å²) in [6, 6.07) is 13.5. The highest BCUT2D eigenvalue weighted by Gasteiger charge is 2.35. The van der Waals surface area contributed by atoms with Gasteiger partial charge in [0, 0.05) is 18.7 Å². The van der Waals surface area contributed by atoms with E-state index in [0.717, 1.165) is 0 Å². The first kappa shape index (κ1) is 18.7. The molecule has 2 aromatic rings. The van der Waals surface area contributed by atoms with Crippen molar-refractivity contribution in [1.29, 1.82) is 0 Å². The molecule has 0 bridgehead atoms. The molecule has 1 atom stereocenters. The number of hydrazine groups is 1. The van der Waals surface area contributed by atoms with E-state index in [0.29, 0.717) is 11.4 Å². The van der Waals surface area contributed by atoms with Gasteiger partial charge < -0.3 is 9.64 Å². The van der Waals surface area contributed by atoms with E-state index in [1.165, 1.54) is 0 Å². The van der Waals surface area contributed by atoms with E-state index < -0.39 is 17.7 Å². The number of benzene rings is 2.